The number of nitriles is 2. The first kappa shape index (κ1) is 9.83. The molecule has 0 bridgehead atoms. The van der Waals surface area contributed by atoms with Gasteiger partial charge in [0, 0.05) is 6.42 Å². The van der Waals surface area contributed by atoms with Gasteiger partial charge in [0.2, 0.25) is 0 Å². The Balaban J connectivity index is 2.87. The molecule has 14 heavy (non-hydrogen) atoms. The molecule has 0 spiro atoms. The zero-order valence-corrected chi connectivity index (χ0v) is 7.44. The van der Waals surface area contributed by atoms with Gasteiger partial charge in [-0.25, -0.2) is 0 Å². The van der Waals surface area contributed by atoms with Crippen LogP contribution in [0.1, 0.15) is 5.56 Å². The highest BCUT2D eigenvalue weighted by molar-refractivity contribution is 5.39. The van der Waals surface area contributed by atoms with E-state index in [0.29, 0.717) is 0 Å². The van der Waals surface area contributed by atoms with Crippen LogP contribution < -0.4 is 0 Å². The summed E-state index contributed by atoms with van der Waals surface area (Å²) in [6, 6.07) is 12.5. The van der Waals surface area contributed by atoms with Gasteiger partial charge in [-0.05, 0) is 5.56 Å². The van der Waals surface area contributed by atoms with Crippen LogP contribution >= 0.6 is 0 Å². The second-order valence-electron chi connectivity index (χ2n) is 2.71. The number of hydrogen-bond donors (Lipinski definition) is 1. The molecule has 0 aliphatic heterocycles. The molecule has 3 nitrogen and oxygen atoms in total. The van der Waals surface area contributed by atoms with Crippen molar-refractivity contribution in [2.75, 3.05) is 0 Å². The van der Waals surface area contributed by atoms with Gasteiger partial charge < -0.3 is 5.11 Å². The van der Waals surface area contributed by atoms with Gasteiger partial charge in [-0.1, -0.05) is 30.3 Å². The maximum absolute atomic E-state index is 9.40. The molecule has 0 fully saturated rings. The van der Waals surface area contributed by atoms with E-state index in [9.17, 15) is 5.11 Å². The van der Waals surface area contributed by atoms with E-state index < -0.39 is 0 Å². The highest BCUT2D eigenvalue weighted by atomic mass is 16.3. The number of aliphatic hydroxyl groups is 1. The lowest BCUT2D eigenvalue weighted by molar-refractivity contribution is 0.396. The van der Waals surface area contributed by atoms with E-state index in [1.54, 1.807) is 12.1 Å². The second kappa shape index (κ2) is 4.69. The Hall–Kier alpha value is -2.26. The smallest absolute Gasteiger partial charge is 0.167 e. The van der Waals surface area contributed by atoms with Gasteiger partial charge in [-0.3, -0.25) is 0 Å². The quantitative estimate of drug-likeness (QED) is 0.565. The van der Waals surface area contributed by atoms with E-state index in [1.165, 1.54) is 0 Å². The second-order valence-corrected chi connectivity index (χ2v) is 2.71. The summed E-state index contributed by atoms with van der Waals surface area (Å²) < 4.78 is 0. The minimum atomic E-state index is -0.228. The molecule has 0 aliphatic carbocycles. The lowest BCUT2D eigenvalue weighted by Gasteiger charge is -1.99. The van der Waals surface area contributed by atoms with Gasteiger partial charge in [0.15, 0.2) is 5.57 Å². The van der Waals surface area contributed by atoms with Crippen LogP contribution in [0.5, 0.6) is 0 Å². The molecule has 1 N–H and O–H groups in total. The summed E-state index contributed by atoms with van der Waals surface area (Å²) in [6.07, 6.45) is 0.220. The fourth-order valence-electron chi connectivity index (χ4n) is 1.03. The van der Waals surface area contributed by atoms with E-state index in [-0.39, 0.29) is 17.8 Å². The molecule has 0 atom stereocenters. The summed E-state index contributed by atoms with van der Waals surface area (Å²) in [5.74, 6) is -0.179. The average molecular weight is 184 g/mol. The van der Waals surface area contributed by atoms with Crippen molar-refractivity contribution in [3.05, 3.63) is 47.2 Å². The highest BCUT2D eigenvalue weighted by Gasteiger charge is 2.04. The monoisotopic (exact) mass is 184 g/mol. The fraction of sp³-hybridized carbons (Fsp3) is 0.0909. The topological polar surface area (TPSA) is 67.8 Å². The van der Waals surface area contributed by atoms with Crippen LogP contribution in [0.15, 0.2) is 41.7 Å². The van der Waals surface area contributed by atoms with Crippen molar-refractivity contribution < 1.29 is 5.11 Å². The molecule has 0 aromatic heterocycles. The predicted molar refractivity (Wildman–Crippen MR) is 51.0 cm³/mol. The first-order chi connectivity index (χ1) is 6.77. The van der Waals surface area contributed by atoms with Gasteiger partial charge >= 0.3 is 0 Å². The van der Waals surface area contributed by atoms with E-state index in [4.69, 9.17) is 10.5 Å². The van der Waals surface area contributed by atoms with Crippen LogP contribution in [0.3, 0.4) is 0 Å². The van der Waals surface area contributed by atoms with Crippen LogP contribution in [0, 0.1) is 22.7 Å². The number of rotatable bonds is 2. The molecule has 0 heterocycles. The largest absolute Gasteiger partial charge is 0.510 e. The molecule has 0 aliphatic rings. The third-order valence-corrected chi connectivity index (χ3v) is 1.73. The Morgan fingerprint density at radius 3 is 2.21 bits per heavy atom. The van der Waals surface area contributed by atoms with Gasteiger partial charge in [0.05, 0.1) is 0 Å². The normalized spacial score (nSPS) is 8.43. The van der Waals surface area contributed by atoms with Gasteiger partial charge in [-0.2, -0.15) is 10.5 Å². The summed E-state index contributed by atoms with van der Waals surface area (Å²) in [5, 5.41) is 26.4. The Morgan fingerprint density at radius 1 is 1.14 bits per heavy atom. The first-order valence-corrected chi connectivity index (χ1v) is 4.04. The van der Waals surface area contributed by atoms with E-state index in [0.717, 1.165) is 5.56 Å². The van der Waals surface area contributed by atoms with Crippen molar-refractivity contribution in [3.8, 4) is 12.1 Å². The van der Waals surface area contributed by atoms with Gasteiger partial charge in [0.25, 0.3) is 0 Å². The molecule has 0 amide bonds. The number of aliphatic hydroxyl groups excluding tert-OH is 1. The fourth-order valence-corrected chi connectivity index (χ4v) is 1.03. The van der Waals surface area contributed by atoms with Crippen LogP contribution in [-0.2, 0) is 6.42 Å². The number of hydrogen-bond acceptors (Lipinski definition) is 3. The Kier molecular flexibility index (Phi) is 3.29. The summed E-state index contributed by atoms with van der Waals surface area (Å²) in [6.45, 7) is 0. The lowest BCUT2D eigenvalue weighted by atomic mass is 10.1. The van der Waals surface area contributed by atoms with Crippen molar-refractivity contribution in [2.45, 2.75) is 6.42 Å². The Bertz CT molecular complexity index is 405. The van der Waals surface area contributed by atoms with E-state index in [1.807, 2.05) is 30.3 Å². The SMILES string of the molecule is N#CC(C#N)=C(O)Cc1ccccc1. The Labute approximate surface area is 82.1 Å². The van der Waals surface area contributed by atoms with Crippen molar-refractivity contribution in [3.63, 3.8) is 0 Å². The molecule has 0 saturated heterocycles. The van der Waals surface area contributed by atoms with Crippen LogP contribution in [-0.4, -0.2) is 5.11 Å². The lowest BCUT2D eigenvalue weighted by Crippen LogP contribution is -1.92. The van der Waals surface area contributed by atoms with E-state index >= 15 is 0 Å². The molecule has 1 aromatic carbocycles. The van der Waals surface area contributed by atoms with Gasteiger partial charge in [0.1, 0.15) is 17.9 Å². The summed E-state index contributed by atoms with van der Waals surface area (Å²) in [5.41, 5.74) is 0.641. The summed E-state index contributed by atoms with van der Waals surface area (Å²) >= 11 is 0. The standard InChI is InChI=1S/C11H8N2O/c12-7-10(8-13)11(14)6-9-4-2-1-3-5-9/h1-5,14H,6H2. The number of allylic oxidation sites excluding steroid dienone is 2. The molecule has 1 rings (SSSR count). The van der Waals surface area contributed by atoms with Crippen molar-refractivity contribution >= 4 is 0 Å². The van der Waals surface area contributed by atoms with Gasteiger partial charge in [-0.15, -0.1) is 0 Å². The maximum atomic E-state index is 9.40. The predicted octanol–water partition coefficient (Wildman–Crippen LogP) is 2.09. The molecule has 0 unspecified atom stereocenters. The third kappa shape index (κ3) is 2.36. The molecule has 1 aromatic rings. The van der Waals surface area contributed by atoms with Crippen LogP contribution in [0.4, 0.5) is 0 Å². The molecule has 0 radical (unpaired) electrons. The third-order valence-electron chi connectivity index (χ3n) is 1.73. The maximum Gasteiger partial charge on any atom is 0.167 e. The van der Waals surface area contributed by atoms with Crippen molar-refractivity contribution in [1.82, 2.24) is 0 Å². The number of benzene rings is 1. The molecular weight excluding hydrogens is 176 g/mol. The average Bonchev–Trinajstić information content (AvgIpc) is 2.21. The van der Waals surface area contributed by atoms with Crippen molar-refractivity contribution in [2.24, 2.45) is 0 Å². The van der Waals surface area contributed by atoms with Crippen LogP contribution in [0.25, 0.3) is 0 Å². The van der Waals surface area contributed by atoms with Crippen molar-refractivity contribution in [1.29, 1.82) is 10.5 Å². The molecule has 0 saturated carbocycles. The zero-order valence-electron chi connectivity index (χ0n) is 7.44. The summed E-state index contributed by atoms with van der Waals surface area (Å²) in [4.78, 5) is 0. The molecule has 68 valence electrons. The minimum Gasteiger partial charge on any atom is -0.510 e. The minimum absolute atomic E-state index is 0.179. The first-order valence-electron chi connectivity index (χ1n) is 4.04. The molecular formula is C11H8N2O. The highest BCUT2D eigenvalue weighted by Crippen LogP contribution is 2.08. The van der Waals surface area contributed by atoms with Crippen LogP contribution in [0.2, 0.25) is 0 Å². The molecule has 3 heteroatoms. The van der Waals surface area contributed by atoms with E-state index in [2.05, 4.69) is 0 Å². The number of nitrogens with zero attached hydrogens (tertiary/aromatic N) is 2. The summed E-state index contributed by atoms with van der Waals surface area (Å²) in [7, 11) is 0. The Morgan fingerprint density at radius 2 is 1.71 bits per heavy atom. The zero-order chi connectivity index (χ0) is 10.4.